The zero-order chi connectivity index (χ0) is 19.3. The van der Waals surface area contributed by atoms with Crippen LogP contribution < -0.4 is 10.6 Å². The Hall–Kier alpha value is -3.10. The molecule has 8 nitrogen and oxygen atoms in total. The highest BCUT2D eigenvalue weighted by Crippen LogP contribution is 2.34. The van der Waals surface area contributed by atoms with Gasteiger partial charge in [-0.25, -0.2) is 9.97 Å². The fraction of sp³-hybridized carbons (Fsp3) is 0.211. The molecule has 0 atom stereocenters. The number of carbonyl (C=O) groups is 1. The van der Waals surface area contributed by atoms with Gasteiger partial charge in [-0.15, -0.1) is 0 Å². The molecule has 1 aliphatic rings. The van der Waals surface area contributed by atoms with E-state index in [1.165, 1.54) is 0 Å². The molecule has 4 heterocycles. The number of H-pyrrole nitrogens is 1. The Morgan fingerprint density at radius 3 is 2.82 bits per heavy atom. The average Bonchev–Trinajstić information content (AvgIpc) is 3.32. The Kier molecular flexibility index (Phi) is 3.96. The molecular weight excluding hydrogens is 380 g/mol. The third kappa shape index (κ3) is 2.69. The molecule has 0 bridgehead atoms. The molecule has 0 unspecified atom stereocenters. The Bertz CT molecular complexity index is 1210. The molecular formula is C19H17ClN6O2. The van der Waals surface area contributed by atoms with Gasteiger partial charge in [0.25, 0.3) is 5.91 Å². The zero-order valence-electron chi connectivity index (χ0n) is 14.9. The number of ether oxygens (including phenoxy) is 1. The van der Waals surface area contributed by atoms with Gasteiger partial charge < -0.3 is 24.8 Å². The molecule has 9 heteroatoms. The summed E-state index contributed by atoms with van der Waals surface area (Å²) in [5.41, 5.74) is 8.80. The van der Waals surface area contributed by atoms with E-state index in [4.69, 9.17) is 27.1 Å². The first-order valence-electron chi connectivity index (χ1n) is 8.90. The van der Waals surface area contributed by atoms with E-state index in [-0.39, 0.29) is 5.69 Å². The molecule has 3 N–H and O–H groups in total. The molecule has 0 aliphatic carbocycles. The molecule has 0 spiro atoms. The van der Waals surface area contributed by atoms with Gasteiger partial charge in [-0.3, -0.25) is 4.79 Å². The van der Waals surface area contributed by atoms with Crippen LogP contribution in [-0.4, -0.2) is 51.6 Å². The summed E-state index contributed by atoms with van der Waals surface area (Å²) in [6.45, 7) is 2.61. The lowest BCUT2D eigenvalue weighted by atomic mass is 10.1. The number of hydrogen-bond donors (Lipinski definition) is 2. The van der Waals surface area contributed by atoms with E-state index in [1.807, 2.05) is 24.4 Å². The number of nitrogens with one attached hydrogen (secondary N) is 1. The summed E-state index contributed by atoms with van der Waals surface area (Å²) in [4.78, 5) is 26.2. The van der Waals surface area contributed by atoms with Crippen molar-refractivity contribution in [1.82, 2.24) is 19.4 Å². The Labute approximate surface area is 164 Å². The zero-order valence-corrected chi connectivity index (χ0v) is 15.6. The van der Waals surface area contributed by atoms with Crippen molar-refractivity contribution in [1.29, 1.82) is 0 Å². The van der Waals surface area contributed by atoms with Crippen LogP contribution in [0, 0.1) is 0 Å². The molecule has 1 aromatic carbocycles. The number of halogens is 1. The van der Waals surface area contributed by atoms with Crippen LogP contribution in [0.1, 0.15) is 10.5 Å². The molecule has 0 saturated carbocycles. The van der Waals surface area contributed by atoms with E-state index in [2.05, 4.69) is 14.9 Å². The number of imidazole rings is 1. The number of hydrogen-bond acceptors (Lipinski definition) is 5. The third-order valence-electron chi connectivity index (χ3n) is 4.92. The Morgan fingerprint density at radius 1 is 1.21 bits per heavy atom. The molecule has 1 aliphatic heterocycles. The molecule has 1 saturated heterocycles. The Balaban J connectivity index is 1.77. The largest absolute Gasteiger partial charge is 0.378 e. The first-order chi connectivity index (χ1) is 13.6. The van der Waals surface area contributed by atoms with E-state index in [9.17, 15) is 4.79 Å². The first kappa shape index (κ1) is 17.0. The van der Waals surface area contributed by atoms with Crippen LogP contribution in [0.4, 0.5) is 5.82 Å². The van der Waals surface area contributed by atoms with Gasteiger partial charge in [0.05, 0.1) is 23.9 Å². The van der Waals surface area contributed by atoms with Gasteiger partial charge in [0.2, 0.25) is 0 Å². The van der Waals surface area contributed by atoms with Gasteiger partial charge in [0, 0.05) is 48.1 Å². The number of amides is 1. The van der Waals surface area contributed by atoms with E-state index < -0.39 is 5.91 Å². The minimum absolute atomic E-state index is 0.200. The predicted octanol–water partition coefficient (Wildman–Crippen LogP) is 2.47. The number of fused-ring (bicyclic) bond motifs is 2. The summed E-state index contributed by atoms with van der Waals surface area (Å²) < 4.78 is 7.26. The molecule has 1 amide bonds. The molecule has 3 aromatic heterocycles. The smallest absolute Gasteiger partial charge is 0.268 e. The third-order valence-corrected chi connectivity index (χ3v) is 5.21. The maximum absolute atomic E-state index is 11.7. The number of morpholine rings is 1. The van der Waals surface area contributed by atoms with E-state index in [0.717, 1.165) is 22.2 Å². The average molecular weight is 397 g/mol. The standard InChI is InChI=1S/C19H17ClN6O2/c20-12-8-22-13-3-1-2-11(16(12)13)14-9-26-10-15(17(21)27)24-19(26)18(23-14)25-4-6-28-7-5-25/h1-3,8-10,22H,4-7H2,(H2,21,27). The number of aromatic amines is 1. The van der Waals surface area contributed by atoms with Crippen molar-refractivity contribution >= 4 is 39.9 Å². The summed E-state index contributed by atoms with van der Waals surface area (Å²) in [6.07, 6.45) is 5.24. The number of nitrogens with two attached hydrogens (primary N) is 1. The normalized spacial score (nSPS) is 14.8. The van der Waals surface area contributed by atoms with Crippen LogP contribution in [0.5, 0.6) is 0 Å². The van der Waals surface area contributed by atoms with Gasteiger partial charge in [-0.2, -0.15) is 0 Å². The summed E-state index contributed by atoms with van der Waals surface area (Å²) in [5, 5.41) is 1.53. The predicted molar refractivity (Wildman–Crippen MR) is 107 cm³/mol. The number of anilines is 1. The van der Waals surface area contributed by atoms with Crippen molar-refractivity contribution < 1.29 is 9.53 Å². The maximum atomic E-state index is 11.7. The second-order valence-electron chi connectivity index (χ2n) is 6.64. The van der Waals surface area contributed by atoms with E-state index in [0.29, 0.717) is 42.8 Å². The fourth-order valence-electron chi connectivity index (χ4n) is 3.57. The fourth-order valence-corrected chi connectivity index (χ4v) is 3.83. The number of carbonyl (C=O) groups excluding carboxylic acids is 1. The van der Waals surface area contributed by atoms with Crippen LogP contribution >= 0.6 is 11.6 Å². The molecule has 28 heavy (non-hydrogen) atoms. The lowest BCUT2D eigenvalue weighted by Crippen LogP contribution is -2.37. The number of primary amides is 1. The minimum Gasteiger partial charge on any atom is -0.378 e. The van der Waals surface area contributed by atoms with Gasteiger partial charge >= 0.3 is 0 Å². The van der Waals surface area contributed by atoms with E-state index in [1.54, 1.807) is 16.8 Å². The maximum Gasteiger partial charge on any atom is 0.268 e. The van der Waals surface area contributed by atoms with Gasteiger partial charge in [0.15, 0.2) is 11.5 Å². The molecule has 0 radical (unpaired) electrons. The molecule has 142 valence electrons. The number of nitrogens with zero attached hydrogens (tertiary/aromatic N) is 4. The lowest BCUT2D eigenvalue weighted by Gasteiger charge is -2.28. The van der Waals surface area contributed by atoms with Crippen molar-refractivity contribution in [2.75, 3.05) is 31.2 Å². The minimum atomic E-state index is -0.575. The van der Waals surface area contributed by atoms with Crippen LogP contribution in [0.3, 0.4) is 0 Å². The van der Waals surface area contributed by atoms with Crippen molar-refractivity contribution in [3.8, 4) is 11.3 Å². The number of benzene rings is 1. The van der Waals surface area contributed by atoms with Crippen LogP contribution in [0.15, 0.2) is 36.8 Å². The highest BCUT2D eigenvalue weighted by Gasteiger charge is 2.21. The van der Waals surface area contributed by atoms with Gasteiger partial charge in [0.1, 0.15) is 5.69 Å². The molecule has 5 rings (SSSR count). The molecule has 1 fully saturated rings. The lowest BCUT2D eigenvalue weighted by molar-refractivity contribution is 0.0996. The van der Waals surface area contributed by atoms with Crippen molar-refractivity contribution in [3.63, 3.8) is 0 Å². The summed E-state index contributed by atoms with van der Waals surface area (Å²) in [5.74, 6) is 0.117. The summed E-state index contributed by atoms with van der Waals surface area (Å²) in [6, 6.07) is 5.90. The second-order valence-corrected chi connectivity index (χ2v) is 7.04. The van der Waals surface area contributed by atoms with Crippen LogP contribution in [-0.2, 0) is 4.74 Å². The monoisotopic (exact) mass is 396 g/mol. The topological polar surface area (TPSA) is 102 Å². The van der Waals surface area contributed by atoms with E-state index >= 15 is 0 Å². The number of aromatic nitrogens is 4. The van der Waals surface area contributed by atoms with Crippen molar-refractivity contribution in [3.05, 3.63) is 47.5 Å². The molecule has 4 aromatic rings. The van der Waals surface area contributed by atoms with Crippen molar-refractivity contribution in [2.45, 2.75) is 0 Å². The van der Waals surface area contributed by atoms with Crippen LogP contribution in [0.2, 0.25) is 5.02 Å². The highest BCUT2D eigenvalue weighted by atomic mass is 35.5. The van der Waals surface area contributed by atoms with Crippen LogP contribution in [0.25, 0.3) is 27.8 Å². The second kappa shape index (κ2) is 6.50. The Morgan fingerprint density at radius 2 is 2.04 bits per heavy atom. The van der Waals surface area contributed by atoms with Crippen molar-refractivity contribution in [2.24, 2.45) is 5.73 Å². The highest BCUT2D eigenvalue weighted by molar-refractivity contribution is 6.36. The summed E-state index contributed by atoms with van der Waals surface area (Å²) >= 11 is 6.41. The first-order valence-corrected chi connectivity index (χ1v) is 9.28. The van der Waals surface area contributed by atoms with Gasteiger partial charge in [-0.05, 0) is 6.07 Å². The van der Waals surface area contributed by atoms with Gasteiger partial charge in [-0.1, -0.05) is 23.7 Å². The summed E-state index contributed by atoms with van der Waals surface area (Å²) in [7, 11) is 0. The number of rotatable bonds is 3. The SMILES string of the molecule is NC(=O)c1cn2cc(-c3cccc4[nH]cc(Cl)c34)nc(N3CCOCC3)c2n1. The quantitative estimate of drug-likeness (QED) is 0.554.